The van der Waals surface area contributed by atoms with Crippen molar-refractivity contribution < 1.29 is 4.42 Å². The number of rotatable bonds is 7. The fourth-order valence-corrected chi connectivity index (χ4v) is 2.20. The predicted molar refractivity (Wildman–Crippen MR) is 78.2 cm³/mol. The minimum atomic E-state index is 0.728. The van der Waals surface area contributed by atoms with Crippen molar-refractivity contribution in [3.8, 4) is 0 Å². The number of aromatic nitrogens is 1. The Bertz CT molecular complexity index is 521. The molecule has 0 aliphatic rings. The molecule has 2 aromatic rings. The Morgan fingerprint density at radius 1 is 1.26 bits per heavy atom. The third-order valence-corrected chi connectivity index (χ3v) is 3.34. The van der Waals surface area contributed by atoms with E-state index >= 15 is 0 Å². The number of nitrogens with two attached hydrogens (primary N) is 1. The maximum Gasteiger partial charge on any atom is 0.192 e. The van der Waals surface area contributed by atoms with Gasteiger partial charge in [-0.25, -0.2) is 4.98 Å². The molecule has 0 saturated heterocycles. The van der Waals surface area contributed by atoms with Crippen molar-refractivity contribution >= 4 is 11.1 Å². The summed E-state index contributed by atoms with van der Waals surface area (Å²) < 4.78 is 5.56. The van der Waals surface area contributed by atoms with Crippen LogP contribution in [0.5, 0.6) is 0 Å². The van der Waals surface area contributed by atoms with E-state index in [0.29, 0.717) is 0 Å². The molecule has 0 bridgehead atoms. The number of benzene rings is 1. The van der Waals surface area contributed by atoms with Crippen molar-refractivity contribution in [3.63, 3.8) is 0 Å². The number of oxazole rings is 1. The smallest absolute Gasteiger partial charge is 0.192 e. The average Bonchev–Trinajstić information content (AvgIpc) is 2.76. The topological polar surface area (TPSA) is 55.3 Å². The molecule has 2 rings (SSSR count). The summed E-state index contributed by atoms with van der Waals surface area (Å²) in [7, 11) is 2.16. The van der Waals surface area contributed by atoms with Gasteiger partial charge in [-0.2, -0.15) is 0 Å². The average molecular weight is 261 g/mol. The van der Waals surface area contributed by atoms with E-state index in [9.17, 15) is 0 Å². The van der Waals surface area contributed by atoms with Crippen LogP contribution in [-0.4, -0.2) is 36.6 Å². The predicted octanol–water partition coefficient (Wildman–Crippen LogP) is 2.35. The molecule has 0 aliphatic heterocycles. The number of fused-ring (bicyclic) bond motifs is 1. The van der Waals surface area contributed by atoms with Gasteiger partial charge in [-0.3, -0.25) is 0 Å². The third kappa shape index (κ3) is 4.04. The first-order chi connectivity index (χ1) is 9.19. The highest BCUT2D eigenvalue weighted by Crippen LogP contribution is 2.17. The van der Waals surface area contributed by atoms with E-state index in [1.165, 1.54) is 12.0 Å². The molecule has 0 saturated carbocycles. The van der Waals surface area contributed by atoms with Crippen LogP contribution in [-0.2, 0) is 6.42 Å². The Kier molecular flexibility index (Phi) is 4.93. The first kappa shape index (κ1) is 14.0. The van der Waals surface area contributed by atoms with Crippen LogP contribution in [0.15, 0.2) is 22.6 Å². The Morgan fingerprint density at radius 3 is 2.89 bits per heavy atom. The van der Waals surface area contributed by atoms with Crippen molar-refractivity contribution in [1.29, 1.82) is 0 Å². The second-order valence-corrected chi connectivity index (χ2v) is 5.08. The molecular weight excluding hydrogens is 238 g/mol. The van der Waals surface area contributed by atoms with E-state index in [-0.39, 0.29) is 0 Å². The highest BCUT2D eigenvalue weighted by molar-refractivity contribution is 5.73. The number of nitrogens with zero attached hydrogens (tertiary/aromatic N) is 2. The molecule has 19 heavy (non-hydrogen) atoms. The van der Waals surface area contributed by atoms with Gasteiger partial charge in [-0.1, -0.05) is 6.07 Å². The SMILES string of the molecule is Cc1nc2ccc(CCN(C)CCCCN)cc2o1. The Hall–Kier alpha value is -1.39. The van der Waals surface area contributed by atoms with Gasteiger partial charge in [-0.05, 0) is 57.1 Å². The molecule has 0 atom stereocenters. The minimum absolute atomic E-state index is 0.728. The minimum Gasteiger partial charge on any atom is -0.441 e. The molecule has 0 fully saturated rings. The maximum atomic E-state index is 5.56. The van der Waals surface area contributed by atoms with Gasteiger partial charge < -0.3 is 15.1 Å². The summed E-state index contributed by atoms with van der Waals surface area (Å²) in [5.74, 6) is 0.728. The van der Waals surface area contributed by atoms with E-state index < -0.39 is 0 Å². The van der Waals surface area contributed by atoms with Crippen LogP contribution in [0.1, 0.15) is 24.3 Å². The fraction of sp³-hybridized carbons (Fsp3) is 0.533. The lowest BCUT2D eigenvalue weighted by Gasteiger charge is -2.16. The van der Waals surface area contributed by atoms with E-state index in [2.05, 4.69) is 29.1 Å². The normalized spacial score (nSPS) is 11.6. The second kappa shape index (κ2) is 6.68. The molecule has 0 aliphatic carbocycles. The molecule has 4 heteroatoms. The largest absolute Gasteiger partial charge is 0.441 e. The van der Waals surface area contributed by atoms with E-state index in [0.717, 1.165) is 49.5 Å². The van der Waals surface area contributed by atoms with Crippen LogP contribution in [0, 0.1) is 6.92 Å². The quantitative estimate of drug-likeness (QED) is 0.777. The highest BCUT2D eigenvalue weighted by Gasteiger charge is 2.04. The summed E-state index contributed by atoms with van der Waals surface area (Å²) in [6.45, 7) is 4.84. The van der Waals surface area contributed by atoms with E-state index in [1.807, 2.05) is 13.0 Å². The number of hydrogen-bond donors (Lipinski definition) is 1. The van der Waals surface area contributed by atoms with Crippen LogP contribution in [0.3, 0.4) is 0 Å². The van der Waals surface area contributed by atoms with Gasteiger partial charge in [-0.15, -0.1) is 0 Å². The van der Waals surface area contributed by atoms with Crippen LogP contribution < -0.4 is 5.73 Å². The van der Waals surface area contributed by atoms with Gasteiger partial charge in [0.15, 0.2) is 11.5 Å². The number of likely N-dealkylation sites (N-methyl/N-ethyl adjacent to an activating group) is 1. The summed E-state index contributed by atoms with van der Waals surface area (Å²) in [5.41, 5.74) is 8.63. The Morgan fingerprint density at radius 2 is 2.11 bits per heavy atom. The number of aryl methyl sites for hydroxylation is 1. The zero-order valence-corrected chi connectivity index (χ0v) is 11.9. The first-order valence-corrected chi connectivity index (χ1v) is 6.93. The van der Waals surface area contributed by atoms with Crippen molar-refractivity contribution in [2.24, 2.45) is 5.73 Å². The first-order valence-electron chi connectivity index (χ1n) is 6.93. The molecule has 1 heterocycles. The standard InChI is InChI=1S/C15H23N3O/c1-12-17-14-6-5-13(11-15(14)19-12)7-10-18(2)9-4-3-8-16/h5-6,11H,3-4,7-10,16H2,1-2H3. The van der Waals surface area contributed by atoms with Gasteiger partial charge >= 0.3 is 0 Å². The lowest BCUT2D eigenvalue weighted by Crippen LogP contribution is -2.23. The van der Waals surface area contributed by atoms with Crippen LogP contribution in [0.2, 0.25) is 0 Å². The number of unbranched alkanes of at least 4 members (excludes halogenated alkanes) is 1. The summed E-state index contributed by atoms with van der Waals surface area (Å²) in [6, 6.07) is 6.27. The molecule has 0 amide bonds. The highest BCUT2D eigenvalue weighted by atomic mass is 16.3. The molecular formula is C15H23N3O. The second-order valence-electron chi connectivity index (χ2n) is 5.08. The maximum absolute atomic E-state index is 5.56. The van der Waals surface area contributed by atoms with Crippen LogP contribution in [0.25, 0.3) is 11.1 Å². The van der Waals surface area contributed by atoms with Crippen molar-refractivity contribution in [2.45, 2.75) is 26.2 Å². The van der Waals surface area contributed by atoms with Gasteiger partial charge in [0, 0.05) is 13.5 Å². The summed E-state index contributed by atoms with van der Waals surface area (Å²) in [6.07, 6.45) is 3.32. The summed E-state index contributed by atoms with van der Waals surface area (Å²) in [5, 5.41) is 0. The zero-order chi connectivity index (χ0) is 13.7. The van der Waals surface area contributed by atoms with E-state index in [1.54, 1.807) is 0 Å². The molecule has 104 valence electrons. The summed E-state index contributed by atoms with van der Waals surface area (Å²) in [4.78, 5) is 6.66. The monoisotopic (exact) mass is 261 g/mol. The van der Waals surface area contributed by atoms with Crippen molar-refractivity contribution in [1.82, 2.24) is 9.88 Å². The molecule has 0 unspecified atom stereocenters. The Labute approximate surface area is 114 Å². The van der Waals surface area contributed by atoms with Gasteiger partial charge in [0.25, 0.3) is 0 Å². The zero-order valence-electron chi connectivity index (χ0n) is 11.9. The fourth-order valence-electron chi connectivity index (χ4n) is 2.20. The summed E-state index contributed by atoms with van der Waals surface area (Å²) >= 11 is 0. The van der Waals surface area contributed by atoms with E-state index in [4.69, 9.17) is 10.2 Å². The number of hydrogen-bond acceptors (Lipinski definition) is 4. The van der Waals surface area contributed by atoms with Gasteiger partial charge in [0.1, 0.15) is 5.52 Å². The molecule has 0 spiro atoms. The van der Waals surface area contributed by atoms with Crippen molar-refractivity contribution in [2.75, 3.05) is 26.7 Å². The molecule has 4 nitrogen and oxygen atoms in total. The molecule has 1 aromatic heterocycles. The van der Waals surface area contributed by atoms with Gasteiger partial charge in [0.2, 0.25) is 0 Å². The van der Waals surface area contributed by atoms with Crippen molar-refractivity contribution in [3.05, 3.63) is 29.7 Å². The lowest BCUT2D eigenvalue weighted by molar-refractivity contribution is 0.331. The molecule has 2 N–H and O–H groups in total. The lowest BCUT2D eigenvalue weighted by atomic mass is 10.1. The van der Waals surface area contributed by atoms with Crippen LogP contribution >= 0.6 is 0 Å². The van der Waals surface area contributed by atoms with Gasteiger partial charge in [0.05, 0.1) is 0 Å². The Balaban J connectivity index is 1.87. The van der Waals surface area contributed by atoms with Crippen LogP contribution in [0.4, 0.5) is 0 Å². The molecule has 1 aromatic carbocycles. The third-order valence-electron chi connectivity index (χ3n) is 3.34. The molecule has 0 radical (unpaired) electrons.